The van der Waals surface area contributed by atoms with E-state index in [4.69, 9.17) is 14.2 Å². The van der Waals surface area contributed by atoms with Gasteiger partial charge in [0.2, 0.25) is 6.29 Å². The van der Waals surface area contributed by atoms with E-state index < -0.39 is 11.9 Å². The molecule has 1 aliphatic heterocycles. The number of rotatable bonds is 8. The normalized spacial score (nSPS) is 18.0. The zero-order chi connectivity index (χ0) is 20.7. The third kappa shape index (κ3) is 6.63. The van der Waals surface area contributed by atoms with Gasteiger partial charge in [-0.1, -0.05) is 11.8 Å². The number of thioether (sulfide) groups is 1. The molecule has 1 aliphatic rings. The Kier molecular flexibility index (Phi) is 8.57. The number of aromatic nitrogens is 3. The van der Waals surface area contributed by atoms with E-state index in [1.807, 2.05) is 51.1 Å². The summed E-state index contributed by atoms with van der Waals surface area (Å²) in [4.78, 5) is 14.2. The van der Waals surface area contributed by atoms with Gasteiger partial charge in [0.25, 0.3) is 0 Å². The summed E-state index contributed by atoms with van der Waals surface area (Å²) in [6.07, 6.45) is 1.36. The fraction of sp³-hybridized carbons (Fsp3) is 0.842. The molecule has 8 nitrogen and oxygen atoms in total. The first kappa shape index (κ1) is 23.0. The molecule has 0 spiro atoms. The molecule has 1 saturated heterocycles. The largest absolute Gasteiger partial charge is 0.444 e. The number of carbonyl (C=O) groups is 1. The molecule has 0 aliphatic carbocycles. The first-order valence-corrected chi connectivity index (χ1v) is 11.0. The van der Waals surface area contributed by atoms with Gasteiger partial charge in [-0.25, -0.2) is 4.79 Å². The van der Waals surface area contributed by atoms with Crippen molar-refractivity contribution in [2.24, 2.45) is 13.0 Å². The van der Waals surface area contributed by atoms with Crippen LogP contribution < -0.4 is 0 Å². The van der Waals surface area contributed by atoms with Crippen molar-refractivity contribution in [1.82, 2.24) is 19.7 Å². The third-order valence-corrected chi connectivity index (χ3v) is 5.59. The number of nitrogens with zero attached hydrogens (tertiary/aromatic N) is 4. The Balaban J connectivity index is 1.92. The van der Waals surface area contributed by atoms with Crippen LogP contribution in [-0.2, 0) is 21.3 Å². The lowest BCUT2D eigenvalue weighted by Crippen LogP contribution is -2.43. The van der Waals surface area contributed by atoms with Crippen molar-refractivity contribution in [3.05, 3.63) is 5.82 Å². The maximum absolute atomic E-state index is 12.3. The smallest absolute Gasteiger partial charge is 0.410 e. The minimum Gasteiger partial charge on any atom is -0.444 e. The van der Waals surface area contributed by atoms with Crippen LogP contribution in [0.3, 0.4) is 0 Å². The highest BCUT2D eigenvalue weighted by Crippen LogP contribution is 2.27. The molecule has 9 heteroatoms. The van der Waals surface area contributed by atoms with Crippen molar-refractivity contribution >= 4 is 17.9 Å². The van der Waals surface area contributed by atoms with Gasteiger partial charge < -0.3 is 23.7 Å². The van der Waals surface area contributed by atoms with Crippen LogP contribution in [0.2, 0.25) is 0 Å². The van der Waals surface area contributed by atoms with Gasteiger partial charge in [-0.05, 0) is 53.4 Å². The monoisotopic (exact) mass is 414 g/mol. The van der Waals surface area contributed by atoms with E-state index in [2.05, 4.69) is 10.2 Å². The molecule has 0 saturated carbocycles. The van der Waals surface area contributed by atoms with E-state index in [9.17, 15) is 4.79 Å². The van der Waals surface area contributed by atoms with E-state index >= 15 is 0 Å². The van der Waals surface area contributed by atoms with Crippen LogP contribution in [0.25, 0.3) is 0 Å². The molecule has 160 valence electrons. The summed E-state index contributed by atoms with van der Waals surface area (Å²) in [5, 5.41) is 9.38. The summed E-state index contributed by atoms with van der Waals surface area (Å²) in [5.41, 5.74) is -0.467. The highest BCUT2D eigenvalue weighted by Gasteiger charge is 2.28. The molecule has 1 aromatic rings. The highest BCUT2D eigenvalue weighted by molar-refractivity contribution is 7.99. The Hall–Kier alpha value is -1.32. The number of likely N-dealkylation sites (tertiary alicyclic amines) is 1. The number of piperidine rings is 1. The molecule has 1 fully saturated rings. The number of carbonyl (C=O) groups excluding carboxylic acids is 1. The van der Waals surface area contributed by atoms with Crippen LogP contribution in [-0.4, -0.2) is 63.4 Å². The first-order chi connectivity index (χ1) is 13.2. The van der Waals surface area contributed by atoms with E-state index in [0.717, 1.165) is 30.3 Å². The summed E-state index contributed by atoms with van der Waals surface area (Å²) >= 11 is 1.65. The summed E-state index contributed by atoms with van der Waals surface area (Å²) in [6.45, 7) is 12.1. The fourth-order valence-corrected chi connectivity index (χ4v) is 4.09. The molecule has 1 aromatic heterocycles. The van der Waals surface area contributed by atoms with Gasteiger partial charge in [-0.2, -0.15) is 0 Å². The van der Waals surface area contributed by atoms with Gasteiger partial charge in [-0.3, -0.25) is 0 Å². The number of hydrogen-bond donors (Lipinski definition) is 0. The zero-order valence-corrected chi connectivity index (χ0v) is 18.8. The van der Waals surface area contributed by atoms with Crippen LogP contribution in [0.5, 0.6) is 0 Å². The molecule has 1 atom stereocenters. The highest BCUT2D eigenvalue weighted by atomic mass is 32.2. The standard InChI is InChI=1S/C19H34N4O4S/c1-7-25-16(26-8-2)15-20-21-17(22(15)6)28-13-14-10-9-11-23(12-14)18(24)27-19(3,4)5/h14,16H,7-13H2,1-6H3/t14-/m0/s1. The average molecular weight is 415 g/mol. The lowest BCUT2D eigenvalue weighted by Gasteiger charge is -2.34. The van der Waals surface area contributed by atoms with Crippen molar-refractivity contribution in [3.63, 3.8) is 0 Å². The quantitative estimate of drug-likeness (QED) is 0.475. The maximum Gasteiger partial charge on any atom is 0.410 e. The maximum atomic E-state index is 12.3. The molecule has 0 N–H and O–H groups in total. The minimum atomic E-state index is -0.501. The Morgan fingerprint density at radius 2 is 1.93 bits per heavy atom. The topological polar surface area (TPSA) is 78.7 Å². The van der Waals surface area contributed by atoms with Crippen LogP contribution in [0.15, 0.2) is 5.16 Å². The van der Waals surface area contributed by atoms with Gasteiger partial charge >= 0.3 is 6.09 Å². The van der Waals surface area contributed by atoms with Crippen LogP contribution in [0, 0.1) is 5.92 Å². The van der Waals surface area contributed by atoms with Crippen LogP contribution in [0.1, 0.15) is 59.6 Å². The molecule has 28 heavy (non-hydrogen) atoms. The lowest BCUT2D eigenvalue weighted by molar-refractivity contribution is -0.146. The van der Waals surface area contributed by atoms with E-state index in [0.29, 0.717) is 31.5 Å². The van der Waals surface area contributed by atoms with E-state index in [1.165, 1.54) is 0 Å². The summed E-state index contributed by atoms with van der Waals surface area (Å²) in [7, 11) is 1.93. The predicted molar refractivity (Wildman–Crippen MR) is 108 cm³/mol. The zero-order valence-electron chi connectivity index (χ0n) is 17.9. The molecule has 0 bridgehead atoms. The van der Waals surface area contributed by atoms with Gasteiger partial charge in [0.05, 0.1) is 0 Å². The number of ether oxygens (including phenoxy) is 3. The van der Waals surface area contributed by atoms with Crippen molar-refractivity contribution in [1.29, 1.82) is 0 Å². The van der Waals surface area contributed by atoms with Gasteiger partial charge in [0, 0.05) is 39.1 Å². The number of amides is 1. The Bertz CT molecular complexity index is 626. The fourth-order valence-electron chi connectivity index (χ4n) is 3.04. The van der Waals surface area contributed by atoms with Crippen molar-refractivity contribution in [2.75, 3.05) is 32.1 Å². The molecule has 2 heterocycles. The molecule has 0 radical (unpaired) electrons. The van der Waals surface area contributed by atoms with Crippen molar-refractivity contribution in [3.8, 4) is 0 Å². The van der Waals surface area contributed by atoms with Crippen molar-refractivity contribution in [2.45, 2.75) is 64.5 Å². The Morgan fingerprint density at radius 1 is 1.25 bits per heavy atom. The van der Waals surface area contributed by atoms with Gasteiger partial charge in [0.15, 0.2) is 11.0 Å². The molecule has 1 amide bonds. The lowest BCUT2D eigenvalue weighted by atomic mass is 10.0. The molecule has 0 unspecified atom stereocenters. The minimum absolute atomic E-state index is 0.223. The molecular weight excluding hydrogens is 380 g/mol. The Labute approximate surface area is 172 Å². The Morgan fingerprint density at radius 3 is 2.54 bits per heavy atom. The first-order valence-electron chi connectivity index (χ1n) is 9.98. The molecular formula is C19H34N4O4S. The third-order valence-electron chi connectivity index (χ3n) is 4.33. The predicted octanol–water partition coefficient (Wildman–Crippen LogP) is 3.63. The van der Waals surface area contributed by atoms with Gasteiger partial charge in [0.1, 0.15) is 5.60 Å². The van der Waals surface area contributed by atoms with E-state index in [1.54, 1.807) is 11.8 Å². The SMILES string of the molecule is CCOC(OCC)c1nnc(SC[C@H]2CCCN(C(=O)OC(C)(C)C)C2)n1C. The second-order valence-corrected chi connectivity index (χ2v) is 8.88. The van der Waals surface area contributed by atoms with Crippen LogP contribution in [0.4, 0.5) is 4.79 Å². The van der Waals surface area contributed by atoms with Crippen LogP contribution >= 0.6 is 11.8 Å². The summed E-state index contributed by atoms with van der Waals surface area (Å²) in [5.74, 6) is 1.95. The van der Waals surface area contributed by atoms with E-state index in [-0.39, 0.29) is 6.09 Å². The summed E-state index contributed by atoms with van der Waals surface area (Å²) in [6, 6.07) is 0. The second kappa shape index (κ2) is 10.5. The average Bonchev–Trinajstić information content (AvgIpc) is 2.99. The number of hydrogen-bond acceptors (Lipinski definition) is 7. The van der Waals surface area contributed by atoms with Crippen molar-refractivity contribution < 1.29 is 19.0 Å². The molecule has 2 rings (SSSR count). The van der Waals surface area contributed by atoms with Gasteiger partial charge in [-0.15, -0.1) is 10.2 Å². The second-order valence-electron chi connectivity index (χ2n) is 7.89. The summed E-state index contributed by atoms with van der Waals surface area (Å²) < 4.78 is 18.7. The molecule has 0 aromatic carbocycles.